The number of nitrogens with zero attached hydrogens (tertiary/aromatic N) is 2. The number of fused-ring (bicyclic) bond motifs is 1. The van der Waals surface area contributed by atoms with Crippen LogP contribution >= 0.6 is 0 Å². The van der Waals surface area contributed by atoms with Crippen molar-refractivity contribution in [2.24, 2.45) is 5.92 Å². The number of carbonyl (C=O) groups excluding carboxylic acids is 2. The van der Waals surface area contributed by atoms with Gasteiger partial charge in [-0.05, 0) is 79.9 Å². The quantitative estimate of drug-likeness (QED) is 0.332. The Morgan fingerprint density at radius 1 is 0.978 bits per heavy atom. The highest BCUT2D eigenvalue weighted by Crippen LogP contribution is 2.33. The first kappa shape index (κ1) is 30.8. The predicted octanol–water partition coefficient (Wildman–Crippen LogP) is 5.58. The van der Waals surface area contributed by atoms with Gasteiger partial charge in [-0.15, -0.1) is 0 Å². The summed E-state index contributed by atoms with van der Waals surface area (Å²) in [4.78, 5) is 27.8. The number of amides is 2. The first-order valence-corrected chi connectivity index (χ1v) is 15.1. The second kappa shape index (κ2) is 13.0. The van der Waals surface area contributed by atoms with Crippen LogP contribution in [-0.4, -0.2) is 79.6 Å². The van der Waals surface area contributed by atoms with Crippen molar-refractivity contribution in [3.8, 4) is 11.5 Å². The van der Waals surface area contributed by atoms with Gasteiger partial charge in [0, 0.05) is 42.7 Å². The number of likely N-dealkylation sites (tertiary alicyclic amines) is 1. The van der Waals surface area contributed by atoms with Gasteiger partial charge < -0.3 is 24.4 Å². The topological polar surface area (TPSA) is 80.1 Å². The summed E-state index contributed by atoms with van der Waals surface area (Å²) in [5, 5.41) is 2.96. The third-order valence-electron chi connectivity index (χ3n) is 8.58. The number of halogens is 3. The van der Waals surface area contributed by atoms with E-state index in [9.17, 15) is 22.8 Å². The fraction of sp³-hybridized carbons (Fsp3) is 0.382. The molecule has 2 amide bonds. The molecule has 11 heteroatoms. The zero-order valence-corrected chi connectivity index (χ0v) is 24.9. The van der Waals surface area contributed by atoms with E-state index in [1.54, 1.807) is 24.3 Å². The van der Waals surface area contributed by atoms with Gasteiger partial charge in [0.25, 0.3) is 11.8 Å². The molecule has 45 heavy (non-hydrogen) atoms. The standard InChI is InChI=1S/C34H34F3N3O5/c1-22-29(32(41)38-18-28-21-43-16-17-44-28)10-11-31-30(22)20-40(31)19-23-12-14-39(15-13-23)33(42)24-2-6-26(7-3-24)45-27-8-4-25(5-9-27)34(35,36)37/h2-11,20,23,28H,12-19,21H2,1H3/p+1. The molecule has 2 saturated heterocycles. The lowest BCUT2D eigenvalue weighted by atomic mass is 9.92. The molecule has 1 unspecified atom stereocenters. The van der Waals surface area contributed by atoms with E-state index in [1.807, 2.05) is 24.0 Å². The van der Waals surface area contributed by atoms with Crippen LogP contribution in [0.1, 0.15) is 50.2 Å². The predicted molar refractivity (Wildman–Crippen MR) is 161 cm³/mol. The summed E-state index contributed by atoms with van der Waals surface area (Å²) in [6.45, 7) is 6.17. The van der Waals surface area contributed by atoms with Crippen LogP contribution in [0.15, 0.2) is 60.7 Å². The van der Waals surface area contributed by atoms with Gasteiger partial charge in [0.1, 0.15) is 17.1 Å². The van der Waals surface area contributed by atoms with Gasteiger partial charge in [-0.25, -0.2) is 0 Å². The van der Waals surface area contributed by atoms with Crippen LogP contribution in [0.3, 0.4) is 0 Å². The molecule has 8 nitrogen and oxygen atoms in total. The molecule has 6 rings (SSSR count). The fourth-order valence-corrected chi connectivity index (χ4v) is 5.93. The van der Waals surface area contributed by atoms with Crippen molar-refractivity contribution in [2.75, 3.05) is 46.0 Å². The first-order chi connectivity index (χ1) is 21.7. The van der Waals surface area contributed by atoms with Gasteiger partial charge in [0.15, 0.2) is 12.8 Å². The lowest BCUT2D eigenvalue weighted by Crippen LogP contribution is -2.41. The number of rotatable bonds is 8. The summed E-state index contributed by atoms with van der Waals surface area (Å²) in [5.74, 6) is 0.972. The van der Waals surface area contributed by atoms with Crippen LogP contribution in [0, 0.1) is 12.8 Å². The van der Waals surface area contributed by atoms with Crippen molar-refractivity contribution >= 4 is 23.7 Å². The Morgan fingerprint density at radius 3 is 2.31 bits per heavy atom. The molecule has 3 aliphatic heterocycles. The van der Waals surface area contributed by atoms with Crippen molar-refractivity contribution in [3.05, 3.63) is 88.5 Å². The number of hydrogen-bond acceptors (Lipinski definition) is 5. The average molecular weight is 623 g/mol. The van der Waals surface area contributed by atoms with Gasteiger partial charge in [-0.1, -0.05) is 0 Å². The van der Waals surface area contributed by atoms with Crippen LogP contribution < -0.4 is 10.1 Å². The van der Waals surface area contributed by atoms with Crippen molar-refractivity contribution in [1.82, 2.24) is 10.2 Å². The molecular weight excluding hydrogens is 587 g/mol. The summed E-state index contributed by atoms with van der Waals surface area (Å²) in [7, 11) is 0. The molecule has 0 aliphatic carbocycles. The number of alkyl halides is 3. The molecule has 0 spiro atoms. The molecule has 1 N–H and O–H groups in total. The molecule has 0 saturated carbocycles. The van der Waals surface area contributed by atoms with E-state index in [-0.39, 0.29) is 23.7 Å². The third kappa shape index (κ3) is 7.04. The Balaban J connectivity index is 0.971. The molecule has 3 aromatic carbocycles. The fourth-order valence-electron chi connectivity index (χ4n) is 5.93. The highest BCUT2D eigenvalue weighted by molar-refractivity contribution is 6.01. The molecule has 0 bridgehead atoms. The van der Waals surface area contributed by atoms with Crippen LogP contribution in [-0.2, 0) is 15.7 Å². The van der Waals surface area contributed by atoms with E-state index in [2.05, 4.69) is 16.1 Å². The minimum Gasteiger partial charge on any atom is -0.457 e. The normalized spacial score (nSPS) is 18.4. The second-order valence-electron chi connectivity index (χ2n) is 11.6. The van der Waals surface area contributed by atoms with E-state index in [0.29, 0.717) is 62.2 Å². The van der Waals surface area contributed by atoms with E-state index in [4.69, 9.17) is 14.2 Å². The van der Waals surface area contributed by atoms with E-state index >= 15 is 0 Å². The monoisotopic (exact) mass is 622 g/mol. The molecule has 3 aromatic rings. The van der Waals surface area contributed by atoms with Crippen LogP contribution in [0.2, 0.25) is 0 Å². The smallest absolute Gasteiger partial charge is 0.416 e. The zero-order chi connectivity index (χ0) is 31.6. The number of nitrogens with one attached hydrogen (secondary N) is 1. The second-order valence-corrected chi connectivity index (χ2v) is 11.6. The summed E-state index contributed by atoms with van der Waals surface area (Å²) >= 11 is 0. The van der Waals surface area contributed by atoms with Crippen molar-refractivity contribution in [3.63, 3.8) is 0 Å². The molecule has 236 valence electrons. The van der Waals surface area contributed by atoms with E-state index in [1.165, 1.54) is 12.1 Å². The minimum absolute atomic E-state index is 0.0561. The average Bonchev–Trinajstić information content (AvgIpc) is 3.04. The van der Waals surface area contributed by atoms with Gasteiger partial charge >= 0.3 is 6.18 Å². The van der Waals surface area contributed by atoms with E-state index in [0.717, 1.165) is 48.3 Å². The number of carbonyl (C=O) groups is 2. The molecule has 3 heterocycles. The highest BCUT2D eigenvalue weighted by atomic mass is 19.4. The first-order valence-electron chi connectivity index (χ1n) is 15.1. The molecular formula is C34H35F3N3O5+. The molecule has 1 atom stereocenters. The maximum absolute atomic E-state index is 13.1. The van der Waals surface area contributed by atoms with E-state index < -0.39 is 11.7 Å². The Morgan fingerprint density at radius 2 is 1.67 bits per heavy atom. The molecule has 3 aliphatic rings. The minimum atomic E-state index is -4.40. The van der Waals surface area contributed by atoms with Gasteiger partial charge in [-0.2, -0.15) is 17.7 Å². The number of piperidine rings is 1. The summed E-state index contributed by atoms with van der Waals surface area (Å²) in [6, 6.07) is 15.0. The molecule has 0 aromatic heterocycles. The van der Waals surface area contributed by atoms with Crippen molar-refractivity contribution in [1.29, 1.82) is 0 Å². The Hall–Kier alpha value is -4.22. The number of hydrogen-bond donors (Lipinski definition) is 1. The SMILES string of the molecule is Cc1c(C(=O)NCC2COCCO2)ccc2c1C=[N+]2CC1CCN(C(=O)c2ccc(Oc3ccc(C(F)(F)F)cc3)cc2)CC1. The Bertz CT molecular complexity index is 1570. The Kier molecular flexibility index (Phi) is 8.91. The zero-order valence-electron chi connectivity index (χ0n) is 24.9. The molecule has 2 fully saturated rings. The lowest BCUT2D eigenvalue weighted by molar-refractivity contribution is -0.456. The lowest BCUT2D eigenvalue weighted by Gasteiger charge is -2.32. The number of benzene rings is 3. The van der Waals surface area contributed by atoms with Crippen LogP contribution in [0.5, 0.6) is 11.5 Å². The maximum Gasteiger partial charge on any atom is 0.416 e. The van der Waals surface area contributed by atoms with Crippen molar-refractivity contribution < 1.29 is 41.5 Å². The van der Waals surface area contributed by atoms with Gasteiger partial charge in [0.05, 0.1) is 31.5 Å². The summed E-state index contributed by atoms with van der Waals surface area (Å²) in [5.41, 5.74) is 3.61. The van der Waals surface area contributed by atoms with Crippen LogP contribution in [0.25, 0.3) is 0 Å². The third-order valence-corrected chi connectivity index (χ3v) is 8.58. The maximum atomic E-state index is 13.1. The summed E-state index contributed by atoms with van der Waals surface area (Å²) < 4.78 is 57.2. The highest BCUT2D eigenvalue weighted by Gasteiger charge is 2.34. The van der Waals surface area contributed by atoms with Crippen LogP contribution in [0.4, 0.5) is 18.9 Å². The summed E-state index contributed by atoms with van der Waals surface area (Å²) in [6.07, 6.45) is -0.660. The van der Waals surface area contributed by atoms with Gasteiger partial charge in [0.2, 0.25) is 5.69 Å². The number of ether oxygens (including phenoxy) is 3. The largest absolute Gasteiger partial charge is 0.457 e. The molecule has 0 radical (unpaired) electrons. The Labute approximate surface area is 259 Å². The van der Waals surface area contributed by atoms with Crippen molar-refractivity contribution in [2.45, 2.75) is 32.0 Å². The van der Waals surface area contributed by atoms with Gasteiger partial charge in [-0.3, -0.25) is 9.59 Å².